The molecule has 2 aromatic rings. The van der Waals surface area contributed by atoms with E-state index in [0.29, 0.717) is 5.13 Å². The molecule has 0 aliphatic carbocycles. The molecule has 2 N–H and O–H groups in total. The number of anilines is 1. The number of aromatic nitrogens is 2. The molecule has 1 heterocycles. The summed E-state index contributed by atoms with van der Waals surface area (Å²) < 4.78 is 5.83. The van der Waals surface area contributed by atoms with Crippen molar-refractivity contribution < 1.29 is 14.6 Å². The molecular weight excluding hydrogens is 388 g/mol. The fraction of sp³-hybridized carbons (Fsp3) is 0.375. The number of benzene rings is 1. The summed E-state index contributed by atoms with van der Waals surface area (Å²) in [5.74, 6) is 0.756. The molecule has 0 unspecified atom stereocenters. The van der Waals surface area contributed by atoms with Crippen LogP contribution in [0.25, 0.3) is 0 Å². The third-order valence-electron chi connectivity index (χ3n) is 2.93. The molecule has 27 heavy (non-hydrogen) atoms. The monoisotopic (exact) mass is 406 g/mol. The summed E-state index contributed by atoms with van der Waals surface area (Å²) >= 11 is 2.81. The molecule has 0 atom stereocenters. The molecule has 1 aromatic carbocycles. The van der Waals surface area contributed by atoms with Gasteiger partial charge in [0.05, 0.1) is 17.9 Å². The largest absolute Gasteiger partial charge is 0.506 e. The average molecular weight is 406 g/mol. The third kappa shape index (κ3) is 6.19. The smallest absolute Gasteiger partial charge is 0.411 e. The van der Waals surface area contributed by atoms with Crippen molar-refractivity contribution in [2.24, 2.45) is 16.1 Å². The van der Waals surface area contributed by atoms with E-state index >= 15 is 0 Å². The molecule has 0 saturated heterocycles. The van der Waals surface area contributed by atoms with Gasteiger partial charge in [-0.2, -0.15) is 5.26 Å². The summed E-state index contributed by atoms with van der Waals surface area (Å²) in [6, 6.07) is 4.39. The highest BCUT2D eigenvalue weighted by Gasteiger charge is 2.13. The van der Waals surface area contributed by atoms with Crippen molar-refractivity contribution in [3.63, 3.8) is 0 Å². The zero-order valence-electron chi connectivity index (χ0n) is 15.0. The Balaban J connectivity index is 2.25. The van der Waals surface area contributed by atoms with Crippen molar-refractivity contribution in [1.29, 1.82) is 5.26 Å². The molecule has 0 aliphatic heterocycles. The number of ether oxygens (including phenoxy) is 1. The zero-order chi connectivity index (χ0) is 19.8. The van der Waals surface area contributed by atoms with Gasteiger partial charge in [0.1, 0.15) is 17.5 Å². The van der Waals surface area contributed by atoms with Crippen LogP contribution >= 0.6 is 23.1 Å². The van der Waals surface area contributed by atoms with Crippen LogP contribution in [-0.2, 0) is 4.74 Å². The number of nitrogens with zero attached hydrogens (tertiary/aromatic N) is 5. The number of thioether (sulfide) groups is 1. The fourth-order valence-electron chi connectivity index (χ4n) is 1.76. The van der Waals surface area contributed by atoms with Crippen molar-refractivity contribution in [1.82, 2.24) is 10.2 Å². The number of aromatic hydroxyl groups is 1. The molecular formula is C16H18N6O3S2. The van der Waals surface area contributed by atoms with E-state index in [9.17, 15) is 9.90 Å². The first kappa shape index (κ1) is 20.6. The van der Waals surface area contributed by atoms with Crippen LogP contribution in [0.3, 0.4) is 0 Å². The van der Waals surface area contributed by atoms with Gasteiger partial charge in [0.25, 0.3) is 5.13 Å². The fourth-order valence-corrected chi connectivity index (χ4v) is 3.32. The Labute approximate surface area is 164 Å². The number of phenols is 1. The lowest BCUT2D eigenvalue weighted by atomic mass is 10.1. The number of azo groups is 1. The van der Waals surface area contributed by atoms with Crippen LogP contribution in [-0.4, -0.2) is 33.8 Å². The molecule has 0 spiro atoms. The Hall–Kier alpha value is -2.71. The van der Waals surface area contributed by atoms with Crippen molar-refractivity contribution in [2.75, 3.05) is 17.7 Å². The van der Waals surface area contributed by atoms with Crippen LogP contribution in [0.1, 0.15) is 26.3 Å². The summed E-state index contributed by atoms with van der Waals surface area (Å²) in [5.41, 5.74) is 0.354. The molecule has 1 aromatic heterocycles. The normalized spacial score (nSPS) is 10.9. The van der Waals surface area contributed by atoms with Crippen molar-refractivity contribution in [3.05, 3.63) is 17.7 Å². The summed E-state index contributed by atoms with van der Waals surface area (Å²) in [4.78, 5) is 11.9. The Morgan fingerprint density at radius 2 is 2.22 bits per heavy atom. The van der Waals surface area contributed by atoms with E-state index in [4.69, 9.17) is 10.00 Å². The number of carbonyl (C=O) groups excluding carboxylic acids is 1. The molecule has 0 radical (unpaired) electrons. The molecule has 11 heteroatoms. The minimum Gasteiger partial charge on any atom is -0.506 e. The number of amides is 1. The van der Waals surface area contributed by atoms with E-state index < -0.39 is 6.09 Å². The summed E-state index contributed by atoms with van der Waals surface area (Å²) in [6.45, 7) is 6.07. The standard InChI is InChI=1S/C16H18N6O3S2/c1-4-26-16-22-21-14(27-16)20-19-12-5-10(7-17)13(23)6-11(12)18-15(24)25-8-9(2)3/h5-6,9,23H,4,8H2,1-3H3,(H,18,24)/b20-19+. The second-order valence-corrected chi connectivity index (χ2v) is 8.07. The lowest BCUT2D eigenvalue weighted by Gasteiger charge is -2.11. The highest BCUT2D eigenvalue weighted by atomic mass is 32.2. The predicted octanol–water partition coefficient (Wildman–Crippen LogP) is 4.85. The maximum Gasteiger partial charge on any atom is 0.411 e. The number of phenolic OH excluding ortho intramolecular Hbond substituents is 1. The van der Waals surface area contributed by atoms with Gasteiger partial charge in [0.15, 0.2) is 4.34 Å². The quantitative estimate of drug-likeness (QED) is 0.496. The van der Waals surface area contributed by atoms with Crippen molar-refractivity contribution >= 4 is 45.7 Å². The van der Waals surface area contributed by atoms with E-state index in [-0.39, 0.29) is 35.2 Å². The topological polar surface area (TPSA) is 133 Å². The molecule has 0 bridgehead atoms. The van der Waals surface area contributed by atoms with Gasteiger partial charge in [-0.15, -0.1) is 20.4 Å². The number of nitriles is 1. The molecule has 9 nitrogen and oxygen atoms in total. The Morgan fingerprint density at radius 3 is 2.89 bits per heavy atom. The van der Waals surface area contributed by atoms with E-state index in [1.165, 1.54) is 35.2 Å². The van der Waals surface area contributed by atoms with Gasteiger partial charge >= 0.3 is 6.09 Å². The Kier molecular flexibility index (Phi) is 7.51. The van der Waals surface area contributed by atoms with Gasteiger partial charge in [0, 0.05) is 6.07 Å². The van der Waals surface area contributed by atoms with Gasteiger partial charge < -0.3 is 9.84 Å². The summed E-state index contributed by atoms with van der Waals surface area (Å²) in [5, 5.41) is 37.7. The van der Waals surface area contributed by atoms with Crippen LogP contribution < -0.4 is 5.32 Å². The zero-order valence-corrected chi connectivity index (χ0v) is 16.6. The maximum atomic E-state index is 11.9. The molecule has 0 aliphatic rings. The van der Waals surface area contributed by atoms with Gasteiger partial charge in [-0.05, 0) is 17.7 Å². The minimum absolute atomic E-state index is 0.00420. The van der Waals surface area contributed by atoms with Crippen LogP contribution in [0.15, 0.2) is 26.7 Å². The number of carbonyl (C=O) groups is 1. The predicted molar refractivity (Wildman–Crippen MR) is 103 cm³/mol. The summed E-state index contributed by atoms with van der Waals surface area (Å²) in [7, 11) is 0. The van der Waals surface area contributed by atoms with E-state index in [1.54, 1.807) is 0 Å². The first-order valence-corrected chi connectivity index (χ1v) is 9.82. The SMILES string of the molecule is CCSc1nnc(/N=N/c2cc(C#N)c(O)cc2NC(=O)OCC(C)C)s1. The molecule has 0 saturated carbocycles. The number of hydrogen-bond acceptors (Lipinski definition) is 10. The Morgan fingerprint density at radius 1 is 1.44 bits per heavy atom. The average Bonchev–Trinajstić information content (AvgIpc) is 3.07. The van der Waals surface area contributed by atoms with Crippen molar-refractivity contribution in [3.8, 4) is 11.8 Å². The third-order valence-corrected chi connectivity index (χ3v) is 4.75. The van der Waals surface area contributed by atoms with Crippen LogP contribution in [0.4, 0.5) is 21.3 Å². The van der Waals surface area contributed by atoms with Gasteiger partial charge in [-0.1, -0.05) is 43.9 Å². The maximum absolute atomic E-state index is 11.9. The first-order chi connectivity index (χ1) is 12.9. The van der Waals surface area contributed by atoms with Crippen LogP contribution in [0.2, 0.25) is 0 Å². The summed E-state index contributed by atoms with van der Waals surface area (Å²) in [6.07, 6.45) is -0.693. The van der Waals surface area contributed by atoms with Crippen molar-refractivity contribution in [2.45, 2.75) is 25.1 Å². The Bertz CT molecular complexity index is 876. The first-order valence-electron chi connectivity index (χ1n) is 8.01. The highest BCUT2D eigenvalue weighted by Crippen LogP contribution is 2.34. The lowest BCUT2D eigenvalue weighted by Crippen LogP contribution is -2.16. The van der Waals surface area contributed by atoms with E-state index in [1.807, 2.05) is 26.8 Å². The number of nitrogens with one attached hydrogen (secondary N) is 1. The van der Waals surface area contributed by atoms with Crippen LogP contribution in [0.5, 0.6) is 5.75 Å². The number of rotatable bonds is 7. The number of hydrogen-bond donors (Lipinski definition) is 2. The minimum atomic E-state index is -0.693. The lowest BCUT2D eigenvalue weighted by molar-refractivity contribution is 0.147. The molecule has 0 fully saturated rings. The van der Waals surface area contributed by atoms with Gasteiger partial charge in [-0.25, -0.2) is 4.79 Å². The molecule has 2 rings (SSSR count). The van der Waals surface area contributed by atoms with Gasteiger partial charge in [0.2, 0.25) is 0 Å². The van der Waals surface area contributed by atoms with E-state index in [2.05, 4.69) is 25.7 Å². The second kappa shape index (κ2) is 9.84. The molecule has 142 valence electrons. The second-order valence-electron chi connectivity index (χ2n) is 5.60. The van der Waals surface area contributed by atoms with E-state index in [0.717, 1.165) is 10.1 Å². The van der Waals surface area contributed by atoms with Gasteiger partial charge in [-0.3, -0.25) is 5.32 Å². The van der Waals surface area contributed by atoms with Crippen LogP contribution in [0, 0.1) is 17.2 Å². The molecule has 1 amide bonds. The highest BCUT2D eigenvalue weighted by molar-refractivity contribution is 8.01.